The Balaban J connectivity index is 1.23. The van der Waals surface area contributed by atoms with Gasteiger partial charge in [-0.1, -0.05) is 23.9 Å². The van der Waals surface area contributed by atoms with Crippen molar-refractivity contribution in [3.63, 3.8) is 0 Å². The van der Waals surface area contributed by atoms with Crippen LogP contribution in [-0.2, 0) is 4.79 Å². The van der Waals surface area contributed by atoms with E-state index in [1.54, 1.807) is 18.5 Å². The maximum absolute atomic E-state index is 12.1. The lowest BCUT2D eigenvalue weighted by molar-refractivity contribution is -0.119. The molecule has 0 saturated heterocycles. The van der Waals surface area contributed by atoms with Gasteiger partial charge in [0, 0.05) is 12.4 Å². The van der Waals surface area contributed by atoms with Gasteiger partial charge in [0.05, 0.1) is 17.9 Å². The number of nitrogens with zero attached hydrogens (tertiary/aromatic N) is 3. The van der Waals surface area contributed by atoms with Crippen molar-refractivity contribution in [2.24, 2.45) is 0 Å². The molecule has 0 radical (unpaired) electrons. The molecule has 0 aliphatic carbocycles. The van der Waals surface area contributed by atoms with Gasteiger partial charge in [0.25, 0.3) is 5.22 Å². The Kier molecular flexibility index (Phi) is 5.20. The van der Waals surface area contributed by atoms with Crippen molar-refractivity contribution in [1.82, 2.24) is 20.5 Å². The molecule has 0 bridgehead atoms. The first-order chi connectivity index (χ1) is 13.3. The Morgan fingerprint density at radius 1 is 1.19 bits per heavy atom. The average Bonchev–Trinajstić information content (AvgIpc) is 3.20. The first-order valence-corrected chi connectivity index (χ1v) is 9.28. The molecule has 4 rings (SSSR count). The second-order valence-corrected chi connectivity index (χ2v) is 6.63. The van der Waals surface area contributed by atoms with E-state index in [0.29, 0.717) is 30.0 Å². The molecular weight excluding hydrogens is 368 g/mol. The van der Waals surface area contributed by atoms with Crippen LogP contribution in [0, 0.1) is 0 Å². The molecule has 1 aliphatic heterocycles. The third-order valence-electron chi connectivity index (χ3n) is 3.74. The monoisotopic (exact) mass is 384 g/mol. The van der Waals surface area contributed by atoms with Crippen LogP contribution >= 0.6 is 11.8 Å². The van der Waals surface area contributed by atoms with Crippen LogP contribution in [0.4, 0.5) is 0 Å². The van der Waals surface area contributed by atoms with E-state index in [9.17, 15) is 4.79 Å². The number of thioether (sulfide) groups is 1. The molecule has 0 saturated carbocycles. The highest BCUT2D eigenvalue weighted by Gasteiger charge is 2.21. The molecule has 8 nitrogen and oxygen atoms in total. The van der Waals surface area contributed by atoms with Crippen molar-refractivity contribution in [2.45, 2.75) is 11.3 Å². The van der Waals surface area contributed by atoms with Crippen molar-refractivity contribution < 1.29 is 18.7 Å². The quantitative estimate of drug-likeness (QED) is 0.646. The van der Waals surface area contributed by atoms with Gasteiger partial charge in [0.2, 0.25) is 11.8 Å². The predicted molar refractivity (Wildman–Crippen MR) is 97.6 cm³/mol. The second kappa shape index (κ2) is 8.09. The van der Waals surface area contributed by atoms with Gasteiger partial charge in [0.15, 0.2) is 11.5 Å². The summed E-state index contributed by atoms with van der Waals surface area (Å²) in [5.74, 6) is 1.79. The van der Waals surface area contributed by atoms with Crippen LogP contribution in [-0.4, -0.2) is 46.1 Å². The summed E-state index contributed by atoms with van der Waals surface area (Å²) >= 11 is 1.17. The molecule has 138 valence electrons. The molecule has 1 atom stereocenters. The van der Waals surface area contributed by atoms with Crippen molar-refractivity contribution in [2.75, 3.05) is 18.9 Å². The lowest BCUT2D eigenvalue weighted by atomic mass is 10.2. The summed E-state index contributed by atoms with van der Waals surface area (Å²) in [6.45, 7) is 0.751. The number of nitrogens with one attached hydrogen (secondary N) is 1. The van der Waals surface area contributed by atoms with Crippen molar-refractivity contribution in [3.8, 4) is 23.0 Å². The van der Waals surface area contributed by atoms with E-state index in [0.717, 1.165) is 11.3 Å². The van der Waals surface area contributed by atoms with Gasteiger partial charge in [-0.15, -0.1) is 10.2 Å². The third-order valence-corrected chi connectivity index (χ3v) is 4.55. The number of aromatic nitrogens is 3. The Labute approximate surface area is 159 Å². The number of benzene rings is 1. The van der Waals surface area contributed by atoms with E-state index in [4.69, 9.17) is 13.9 Å². The second-order valence-electron chi connectivity index (χ2n) is 5.71. The van der Waals surface area contributed by atoms with Crippen molar-refractivity contribution in [1.29, 1.82) is 0 Å². The fourth-order valence-electron chi connectivity index (χ4n) is 2.44. The lowest BCUT2D eigenvalue weighted by Gasteiger charge is -2.26. The third kappa shape index (κ3) is 4.37. The molecule has 27 heavy (non-hydrogen) atoms. The number of rotatable bonds is 6. The number of para-hydroxylation sites is 2. The van der Waals surface area contributed by atoms with Crippen LogP contribution in [0.1, 0.15) is 0 Å². The maximum atomic E-state index is 12.1. The number of hydrogen-bond acceptors (Lipinski definition) is 8. The van der Waals surface area contributed by atoms with Crippen molar-refractivity contribution in [3.05, 3.63) is 48.8 Å². The Hall–Kier alpha value is -3.07. The molecular formula is C18H16N4O4S. The minimum atomic E-state index is -0.227. The number of pyridine rings is 1. The first-order valence-electron chi connectivity index (χ1n) is 8.30. The number of fused-ring (bicyclic) bond motifs is 1. The van der Waals surface area contributed by atoms with E-state index < -0.39 is 0 Å². The molecule has 3 aromatic rings. The standard InChI is InChI=1S/C18H16N4O4S/c23-16(20-9-13-10-24-14-5-1-2-6-15(14)25-13)11-27-18-22-21-17(26-18)12-4-3-7-19-8-12/h1-8,13H,9-11H2,(H,20,23)/t13-/m1/s1. The van der Waals surface area contributed by atoms with Gasteiger partial charge in [-0.25, -0.2) is 0 Å². The Morgan fingerprint density at radius 3 is 2.93 bits per heavy atom. The van der Waals surface area contributed by atoms with E-state index in [1.165, 1.54) is 11.8 Å². The minimum Gasteiger partial charge on any atom is -0.486 e. The zero-order chi connectivity index (χ0) is 18.5. The summed E-state index contributed by atoms with van der Waals surface area (Å²) in [7, 11) is 0. The van der Waals surface area contributed by atoms with E-state index in [2.05, 4.69) is 20.5 Å². The number of amides is 1. The summed E-state index contributed by atoms with van der Waals surface area (Å²) in [6.07, 6.45) is 3.08. The van der Waals surface area contributed by atoms with Gasteiger partial charge in [0.1, 0.15) is 12.7 Å². The highest BCUT2D eigenvalue weighted by atomic mass is 32.2. The summed E-state index contributed by atoms with van der Waals surface area (Å²) < 4.78 is 17.0. The molecule has 9 heteroatoms. The number of hydrogen-bond donors (Lipinski definition) is 1. The summed E-state index contributed by atoms with van der Waals surface area (Å²) in [5.41, 5.74) is 0.732. The van der Waals surface area contributed by atoms with Gasteiger partial charge in [-0.3, -0.25) is 9.78 Å². The fourth-order valence-corrected chi connectivity index (χ4v) is 3.04. The normalized spacial score (nSPS) is 15.3. The average molecular weight is 384 g/mol. The van der Waals surface area contributed by atoms with Crippen LogP contribution < -0.4 is 14.8 Å². The van der Waals surface area contributed by atoms with E-state index >= 15 is 0 Å². The molecule has 1 aromatic carbocycles. The van der Waals surface area contributed by atoms with Gasteiger partial charge >= 0.3 is 0 Å². The van der Waals surface area contributed by atoms with Gasteiger partial charge < -0.3 is 19.2 Å². The minimum absolute atomic E-state index is 0.149. The fraction of sp³-hybridized carbons (Fsp3) is 0.222. The molecule has 0 spiro atoms. The first kappa shape index (κ1) is 17.3. The van der Waals surface area contributed by atoms with Crippen LogP contribution in [0.2, 0.25) is 0 Å². The smallest absolute Gasteiger partial charge is 0.277 e. The number of ether oxygens (including phenoxy) is 2. The highest BCUT2D eigenvalue weighted by Crippen LogP contribution is 2.30. The number of carbonyl (C=O) groups excluding carboxylic acids is 1. The Bertz CT molecular complexity index is 918. The summed E-state index contributed by atoms with van der Waals surface area (Å²) in [5, 5.41) is 11.0. The molecule has 1 amide bonds. The molecule has 3 heterocycles. The predicted octanol–water partition coefficient (Wildman–Crippen LogP) is 2.18. The molecule has 2 aromatic heterocycles. The summed E-state index contributed by atoms with van der Waals surface area (Å²) in [4.78, 5) is 16.1. The van der Waals surface area contributed by atoms with Crippen LogP contribution in [0.5, 0.6) is 11.5 Å². The van der Waals surface area contributed by atoms with Crippen LogP contribution in [0.3, 0.4) is 0 Å². The van der Waals surface area contributed by atoms with Crippen molar-refractivity contribution >= 4 is 17.7 Å². The van der Waals surface area contributed by atoms with Gasteiger partial charge in [-0.2, -0.15) is 0 Å². The molecule has 1 N–H and O–H groups in total. The number of carbonyl (C=O) groups is 1. The van der Waals surface area contributed by atoms with Crippen LogP contribution in [0.15, 0.2) is 58.4 Å². The van der Waals surface area contributed by atoms with Crippen LogP contribution in [0.25, 0.3) is 11.5 Å². The highest BCUT2D eigenvalue weighted by molar-refractivity contribution is 7.99. The zero-order valence-corrected chi connectivity index (χ0v) is 15.0. The maximum Gasteiger partial charge on any atom is 0.277 e. The lowest BCUT2D eigenvalue weighted by Crippen LogP contribution is -2.41. The van der Waals surface area contributed by atoms with E-state index in [-0.39, 0.29) is 17.8 Å². The largest absolute Gasteiger partial charge is 0.486 e. The Morgan fingerprint density at radius 2 is 2.07 bits per heavy atom. The summed E-state index contributed by atoms with van der Waals surface area (Å²) in [6, 6.07) is 11.1. The molecule has 1 aliphatic rings. The topological polar surface area (TPSA) is 99.4 Å². The van der Waals surface area contributed by atoms with Gasteiger partial charge in [-0.05, 0) is 24.3 Å². The van der Waals surface area contributed by atoms with E-state index in [1.807, 2.05) is 30.3 Å². The SMILES string of the molecule is O=C(CSc1nnc(-c2cccnc2)o1)NC[C@@H]1COc2ccccc2O1. The molecule has 0 unspecified atom stereocenters. The zero-order valence-electron chi connectivity index (χ0n) is 14.2. The molecule has 0 fully saturated rings.